The number of likely N-dealkylation sites (N-methyl/N-ethyl adjacent to an activating group) is 1. The number of ether oxygens (including phenoxy) is 1. The Morgan fingerprint density at radius 2 is 1.95 bits per heavy atom. The van der Waals surface area contributed by atoms with Gasteiger partial charge in [0.05, 0.1) is 6.61 Å². The molecular formula is C17H18FNO. The highest BCUT2D eigenvalue weighted by molar-refractivity contribution is 5.41. The van der Waals surface area contributed by atoms with Gasteiger partial charge in [-0.1, -0.05) is 36.4 Å². The molecule has 2 aromatic rings. The van der Waals surface area contributed by atoms with Gasteiger partial charge >= 0.3 is 0 Å². The normalized spacial score (nSPS) is 18.4. The van der Waals surface area contributed by atoms with E-state index >= 15 is 0 Å². The van der Waals surface area contributed by atoms with E-state index in [-0.39, 0.29) is 17.8 Å². The maximum Gasteiger partial charge on any atom is 0.126 e. The summed E-state index contributed by atoms with van der Waals surface area (Å²) in [6, 6.07) is 15.2. The third-order valence-electron chi connectivity index (χ3n) is 3.99. The Bertz CT molecular complexity index is 599. The van der Waals surface area contributed by atoms with Crippen molar-refractivity contribution in [2.24, 2.45) is 0 Å². The van der Waals surface area contributed by atoms with Gasteiger partial charge in [0.15, 0.2) is 0 Å². The van der Waals surface area contributed by atoms with E-state index in [1.807, 2.05) is 37.4 Å². The fourth-order valence-corrected chi connectivity index (χ4v) is 2.87. The molecule has 1 aliphatic rings. The molecule has 20 heavy (non-hydrogen) atoms. The van der Waals surface area contributed by atoms with Gasteiger partial charge in [0, 0.05) is 17.5 Å². The predicted octanol–water partition coefficient (Wildman–Crippen LogP) is 3.13. The van der Waals surface area contributed by atoms with Gasteiger partial charge in [0.25, 0.3) is 0 Å². The van der Waals surface area contributed by atoms with Gasteiger partial charge in [0.1, 0.15) is 11.6 Å². The maximum atomic E-state index is 13.8. The molecule has 0 saturated heterocycles. The van der Waals surface area contributed by atoms with Crippen LogP contribution in [0.25, 0.3) is 0 Å². The Hall–Kier alpha value is -1.87. The predicted molar refractivity (Wildman–Crippen MR) is 77.6 cm³/mol. The van der Waals surface area contributed by atoms with Crippen molar-refractivity contribution in [3.63, 3.8) is 0 Å². The Morgan fingerprint density at radius 1 is 1.20 bits per heavy atom. The summed E-state index contributed by atoms with van der Waals surface area (Å²) in [5, 5.41) is 3.31. The van der Waals surface area contributed by atoms with E-state index in [2.05, 4.69) is 11.4 Å². The van der Waals surface area contributed by atoms with Crippen LogP contribution >= 0.6 is 0 Å². The van der Waals surface area contributed by atoms with Crippen molar-refractivity contribution in [3.05, 3.63) is 65.5 Å². The summed E-state index contributed by atoms with van der Waals surface area (Å²) in [6.07, 6.45) is 0.658. The van der Waals surface area contributed by atoms with Crippen LogP contribution in [0.3, 0.4) is 0 Å². The number of rotatable bonds is 4. The average Bonchev–Trinajstić information content (AvgIpc) is 2.90. The number of nitrogens with one attached hydrogen (secondary N) is 1. The van der Waals surface area contributed by atoms with Crippen LogP contribution < -0.4 is 10.1 Å². The zero-order chi connectivity index (χ0) is 13.9. The number of halogens is 1. The molecule has 2 atom stereocenters. The molecule has 1 heterocycles. The molecule has 0 aliphatic carbocycles. The standard InChI is InChI=1S/C17H18FNO/c1-19-16(10-12-6-2-4-8-15(12)18)14-11-20-17-9-5-3-7-13(14)17/h2-9,14,16,19H,10-11H2,1H3. The fourth-order valence-electron chi connectivity index (χ4n) is 2.87. The van der Waals surface area contributed by atoms with Crippen LogP contribution in [0.5, 0.6) is 5.75 Å². The minimum Gasteiger partial charge on any atom is -0.493 e. The van der Waals surface area contributed by atoms with Crippen molar-refractivity contribution >= 4 is 0 Å². The molecule has 0 aromatic heterocycles. The average molecular weight is 271 g/mol. The number of fused-ring (bicyclic) bond motifs is 1. The van der Waals surface area contributed by atoms with Crippen LogP contribution in [0.1, 0.15) is 17.0 Å². The summed E-state index contributed by atoms with van der Waals surface area (Å²) in [5.41, 5.74) is 1.96. The van der Waals surface area contributed by atoms with Gasteiger partial charge in [-0.2, -0.15) is 0 Å². The Kier molecular flexibility index (Phi) is 3.70. The van der Waals surface area contributed by atoms with Crippen LogP contribution in [-0.2, 0) is 6.42 Å². The Balaban J connectivity index is 1.83. The van der Waals surface area contributed by atoms with Crippen molar-refractivity contribution in [1.29, 1.82) is 0 Å². The van der Waals surface area contributed by atoms with Gasteiger partial charge in [-0.15, -0.1) is 0 Å². The summed E-state index contributed by atoms with van der Waals surface area (Å²) in [5.74, 6) is 1.07. The third-order valence-corrected chi connectivity index (χ3v) is 3.99. The summed E-state index contributed by atoms with van der Waals surface area (Å²) in [4.78, 5) is 0. The largest absolute Gasteiger partial charge is 0.493 e. The second kappa shape index (κ2) is 5.63. The molecule has 3 rings (SSSR count). The topological polar surface area (TPSA) is 21.3 Å². The smallest absolute Gasteiger partial charge is 0.126 e. The number of hydrogen-bond donors (Lipinski definition) is 1. The first-order valence-corrected chi connectivity index (χ1v) is 6.92. The van der Waals surface area contributed by atoms with E-state index in [4.69, 9.17) is 4.74 Å². The van der Waals surface area contributed by atoms with E-state index in [1.54, 1.807) is 6.07 Å². The van der Waals surface area contributed by atoms with Crippen molar-refractivity contribution in [1.82, 2.24) is 5.32 Å². The van der Waals surface area contributed by atoms with E-state index in [1.165, 1.54) is 11.6 Å². The molecule has 1 N–H and O–H groups in total. The Morgan fingerprint density at radius 3 is 2.75 bits per heavy atom. The summed E-state index contributed by atoms with van der Waals surface area (Å²) < 4.78 is 19.5. The summed E-state index contributed by atoms with van der Waals surface area (Å²) in [7, 11) is 1.92. The van der Waals surface area contributed by atoms with Gasteiger partial charge in [-0.3, -0.25) is 0 Å². The molecule has 0 bridgehead atoms. The SMILES string of the molecule is CNC(Cc1ccccc1F)C1COc2ccccc21. The molecule has 1 aliphatic heterocycles. The lowest BCUT2D eigenvalue weighted by atomic mass is 9.89. The summed E-state index contributed by atoms with van der Waals surface area (Å²) in [6.45, 7) is 0.652. The van der Waals surface area contributed by atoms with Gasteiger partial charge in [-0.25, -0.2) is 4.39 Å². The first kappa shape index (κ1) is 13.1. The van der Waals surface area contributed by atoms with Crippen molar-refractivity contribution in [3.8, 4) is 5.75 Å². The number of para-hydroxylation sites is 1. The highest BCUT2D eigenvalue weighted by Gasteiger charge is 2.30. The lowest BCUT2D eigenvalue weighted by molar-refractivity contribution is 0.301. The molecule has 0 spiro atoms. The maximum absolute atomic E-state index is 13.8. The van der Waals surface area contributed by atoms with Crippen LogP contribution in [0.15, 0.2) is 48.5 Å². The van der Waals surface area contributed by atoms with Crippen LogP contribution in [-0.4, -0.2) is 19.7 Å². The van der Waals surface area contributed by atoms with Gasteiger partial charge < -0.3 is 10.1 Å². The quantitative estimate of drug-likeness (QED) is 0.922. The summed E-state index contributed by atoms with van der Waals surface area (Å²) >= 11 is 0. The van der Waals surface area contributed by atoms with Crippen LogP contribution in [0, 0.1) is 5.82 Å². The molecule has 2 aromatic carbocycles. The molecule has 0 amide bonds. The zero-order valence-corrected chi connectivity index (χ0v) is 11.5. The zero-order valence-electron chi connectivity index (χ0n) is 11.5. The molecule has 0 saturated carbocycles. The van der Waals surface area contributed by atoms with Crippen LogP contribution in [0.2, 0.25) is 0 Å². The lowest BCUT2D eigenvalue weighted by Gasteiger charge is -2.22. The van der Waals surface area contributed by atoms with Crippen molar-refractivity contribution in [2.75, 3.05) is 13.7 Å². The van der Waals surface area contributed by atoms with Gasteiger partial charge in [0.2, 0.25) is 0 Å². The minimum atomic E-state index is -0.139. The second-order valence-corrected chi connectivity index (χ2v) is 5.15. The Labute approximate surface area is 118 Å². The first-order valence-electron chi connectivity index (χ1n) is 6.92. The molecule has 104 valence electrons. The molecular weight excluding hydrogens is 253 g/mol. The van der Waals surface area contributed by atoms with E-state index in [9.17, 15) is 4.39 Å². The van der Waals surface area contributed by atoms with Gasteiger partial charge in [-0.05, 0) is 31.2 Å². The molecule has 0 fully saturated rings. The minimum absolute atomic E-state index is 0.139. The van der Waals surface area contributed by atoms with Crippen molar-refractivity contribution < 1.29 is 9.13 Å². The first-order chi connectivity index (χ1) is 9.79. The van der Waals surface area contributed by atoms with E-state index < -0.39 is 0 Å². The van der Waals surface area contributed by atoms with Crippen LogP contribution in [0.4, 0.5) is 4.39 Å². The molecule has 2 nitrogen and oxygen atoms in total. The molecule has 2 unspecified atom stereocenters. The fraction of sp³-hybridized carbons (Fsp3) is 0.294. The number of benzene rings is 2. The second-order valence-electron chi connectivity index (χ2n) is 5.15. The molecule has 3 heteroatoms. The number of hydrogen-bond acceptors (Lipinski definition) is 2. The molecule has 0 radical (unpaired) electrons. The van der Waals surface area contributed by atoms with E-state index in [0.29, 0.717) is 13.0 Å². The van der Waals surface area contributed by atoms with E-state index in [0.717, 1.165) is 11.3 Å². The highest BCUT2D eigenvalue weighted by atomic mass is 19.1. The third kappa shape index (κ3) is 2.41. The monoisotopic (exact) mass is 271 g/mol. The van der Waals surface area contributed by atoms with Crippen molar-refractivity contribution in [2.45, 2.75) is 18.4 Å². The highest BCUT2D eigenvalue weighted by Crippen LogP contribution is 2.36. The lowest BCUT2D eigenvalue weighted by Crippen LogP contribution is -2.35.